The van der Waals surface area contributed by atoms with Gasteiger partial charge in [0.25, 0.3) is 5.91 Å². The van der Waals surface area contributed by atoms with Gasteiger partial charge in [-0.3, -0.25) is 4.79 Å². The van der Waals surface area contributed by atoms with Crippen molar-refractivity contribution in [2.45, 2.75) is 12.7 Å². The van der Waals surface area contributed by atoms with Gasteiger partial charge in [0.05, 0.1) is 12.8 Å². The van der Waals surface area contributed by atoms with Crippen LogP contribution in [0.1, 0.15) is 27.8 Å². The van der Waals surface area contributed by atoms with Crippen molar-refractivity contribution in [3.63, 3.8) is 0 Å². The van der Waals surface area contributed by atoms with Crippen molar-refractivity contribution in [3.05, 3.63) is 83.9 Å². The zero-order valence-electron chi connectivity index (χ0n) is 13.5. The molecule has 3 rings (SSSR count). The van der Waals surface area contributed by atoms with Gasteiger partial charge in [-0.2, -0.15) is 0 Å². The van der Waals surface area contributed by atoms with E-state index in [1.807, 2.05) is 30.3 Å². The zero-order valence-corrected chi connectivity index (χ0v) is 13.5. The molecule has 2 heterocycles. The molecular weight excluding hydrogens is 320 g/mol. The van der Waals surface area contributed by atoms with Crippen molar-refractivity contribution >= 4 is 5.91 Å². The number of carbonyl (C=O) groups is 1. The Balaban J connectivity index is 1.56. The predicted octanol–water partition coefficient (Wildman–Crippen LogP) is 2.72. The highest BCUT2D eigenvalue weighted by molar-refractivity contribution is 5.94. The number of benzene rings is 1. The molecule has 128 valence electrons. The molecule has 2 N–H and O–H groups in total. The second kappa shape index (κ2) is 8.12. The first-order valence-electron chi connectivity index (χ1n) is 7.85. The highest BCUT2D eigenvalue weighted by Gasteiger charge is 2.13. The first-order chi connectivity index (χ1) is 12.2. The number of pyridine rings is 1. The van der Waals surface area contributed by atoms with Crippen LogP contribution in [0.5, 0.6) is 5.88 Å². The van der Waals surface area contributed by atoms with E-state index in [2.05, 4.69) is 10.3 Å². The number of rotatable bonds is 7. The van der Waals surface area contributed by atoms with E-state index in [0.717, 1.165) is 5.56 Å². The van der Waals surface area contributed by atoms with Crippen molar-refractivity contribution in [2.75, 3.05) is 6.54 Å². The van der Waals surface area contributed by atoms with Crippen molar-refractivity contribution < 1.29 is 19.1 Å². The normalized spacial score (nSPS) is 11.7. The lowest BCUT2D eigenvalue weighted by atomic mass is 10.2. The zero-order chi connectivity index (χ0) is 17.5. The molecule has 25 heavy (non-hydrogen) atoms. The average molecular weight is 338 g/mol. The predicted molar refractivity (Wildman–Crippen MR) is 91.0 cm³/mol. The Morgan fingerprint density at radius 3 is 2.80 bits per heavy atom. The Bertz CT molecular complexity index is 803. The summed E-state index contributed by atoms with van der Waals surface area (Å²) < 4.78 is 10.7. The first kappa shape index (κ1) is 16.7. The summed E-state index contributed by atoms with van der Waals surface area (Å²) in [6.07, 6.45) is 2.09. The van der Waals surface area contributed by atoms with Crippen LogP contribution in [-0.2, 0) is 6.61 Å². The van der Waals surface area contributed by atoms with Crippen molar-refractivity contribution in [1.82, 2.24) is 10.3 Å². The second-order valence-corrected chi connectivity index (χ2v) is 5.40. The number of nitrogens with zero attached hydrogens (tertiary/aromatic N) is 1. The van der Waals surface area contributed by atoms with E-state index in [1.54, 1.807) is 24.3 Å². The van der Waals surface area contributed by atoms with Gasteiger partial charge in [0.1, 0.15) is 18.5 Å². The van der Waals surface area contributed by atoms with Gasteiger partial charge in [-0.1, -0.05) is 30.3 Å². The highest BCUT2D eigenvalue weighted by Crippen LogP contribution is 2.14. The number of carbonyl (C=O) groups excluding carboxylic acids is 1. The van der Waals surface area contributed by atoms with Gasteiger partial charge >= 0.3 is 0 Å². The smallest absolute Gasteiger partial charge is 0.251 e. The van der Waals surface area contributed by atoms with E-state index in [4.69, 9.17) is 9.15 Å². The molecule has 0 bridgehead atoms. The summed E-state index contributed by atoms with van der Waals surface area (Å²) in [6.45, 7) is 0.422. The third-order valence-electron chi connectivity index (χ3n) is 3.55. The molecule has 2 aromatic heterocycles. The third kappa shape index (κ3) is 4.68. The molecule has 3 aromatic rings. The Morgan fingerprint density at radius 2 is 2.04 bits per heavy atom. The molecule has 0 saturated heterocycles. The summed E-state index contributed by atoms with van der Waals surface area (Å²) in [7, 11) is 0. The standard InChI is InChI=1S/C19H18N2O4/c22-16(17-7-4-10-24-17)12-21-19(23)15-8-9-20-18(11-15)25-13-14-5-2-1-3-6-14/h1-11,16,22H,12-13H2,(H,21,23). The van der Waals surface area contributed by atoms with Crippen LogP contribution in [0.2, 0.25) is 0 Å². The summed E-state index contributed by atoms with van der Waals surface area (Å²) >= 11 is 0. The quantitative estimate of drug-likeness (QED) is 0.692. The van der Waals surface area contributed by atoms with E-state index in [0.29, 0.717) is 23.8 Å². The summed E-state index contributed by atoms with van der Waals surface area (Å²) in [6, 6.07) is 16.2. The molecular formula is C19H18N2O4. The fourth-order valence-corrected chi connectivity index (χ4v) is 2.23. The van der Waals surface area contributed by atoms with E-state index < -0.39 is 6.10 Å². The fourth-order valence-electron chi connectivity index (χ4n) is 2.23. The SMILES string of the molecule is O=C(NCC(O)c1ccco1)c1ccnc(OCc2ccccc2)c1. The minimum atomic E-state index is -0.894. The molecule has 1 aromatic carbocycles. The largest absolute Gasteiger partial charge is 0.473 e. The van der Waals surface area contributed by atoms with Gasteiger partial charge in [-0.05, 0) is 23.8 Å². The molecule has 1 atom stereocenters. The van der Waals surface area contributed by atoms with E-state index >= 15 is 0 Å². The molecule has 0 aliphatic rings. The van der Waals surface area contributed by atoms with E-state index in [9.17, 15) is 9.90 Å². The van der Waals surface area contributed by atoms with Crippen molar-refractivity contribution in [3.8, 4) is 5.88 Å². The fraction of sp³-hybridized carbons (Fsp3) is 0.158. The number of aromatic nitrogens is 1. The maximum Gasteiger partial charge on any atom is 0.251 e. The Morgan fingerprint density at radius 1 is 1.20 bits per heavy atom. The van der Waals surface area contributed by atoms with Crippen LogP contribution in [0, 0.1) is 0 Å². The molecule has 1 amide bonds. The molecule has 6 nitrogen and oxygen atoms in total. The van der Waals surface area contributed by atoms with Gasteiger partial charge in [0.2, 0.25) is 5.88 Å². The number of hydrogen-bond donors (Lipinski definition) is 2. The number of furan rings is 1. The monoisotopic (exact) mass is 338 g/mol. The highest BCUT2D eigenvalue weighted by atomic mass is 16.5. The molecule has 0 fully saturated rings. The van der Waals surface area contributed by atoms with Gasteiger partial charge in [-0.15, -0.1) is 0 Å². The maximum absolute atomic E-state index is 12.2. The molecule has 0 aliphatic carbocycles. The van der Waals surface area contributed by atoms with Crippen LogP contribution < -0.4 is 10.1 Å². The number of nitrogens with one attached hydrogen (secondary N) is 1. The minimum absolute atomic E-state index is 0.0505. The number of hydrogen-bond acceptors (Lipinski definition) is 5. The first-order valence-corrected chi connectivity index (χ1v) is 7.85. The van der Waals surface area contributed by atoms with E-state index in [-0.39, 0.29) is 12.5 Å². The van der Waals surface area contributed by atoms with Crippen LogP contribution >= 0.6 is 0 Å². The summed E-state index contributed by atoms with van der Waals surface area (Å²) in [5.74, 6) is 0.447. The minimum Gasteiger partial charge on any atom is -0.473 e. The number of aliphatic hydroxyl groups is 1. The van der Waals surface area contributed by atoms with Crippen LogP contribution in [0.4, 0.5) is 0 Å². The molecule has 1 unspecified atom stereocenters. The lowest BCUT2D eigenvalue weighted by Gasteiger charge is -2.10. The van der Waals surface area contributed by atoms with Crippen LogP contribution in [0.15, 0.2) is 71.5 Å². The molecule has 0 spiro atoms. The molecule has 6 heteroatoms. The Labute approximate surface area is 145 Å². The van der Waals surface area contributed by atoms with E-state index in [1.165, 1.54) is 12.5 Å². The molecule has 0 saturated carbocycles. The van der Waals surface area contributed by atoms with Crippen molar-refractivity contribution in [1.29, 1.82) is 0 Å². The van der Waals surface area contributed by atoms with Crippen molar-refractivity contribution in [2.24, 2.45) is 0 Å². The Kier molecular flexibility index (Phi) is 5.43. The molecule has 0 radical (unpaired) electrons. The lowest BCUT2D eigenvalue weighted by molar-refractivity contribution is 0.0900. The average Bonchev–Trinajstić information content (AvgIpc) is 3.20. The number of ether oxygens (including phenoxy) is 1. The second-order valence-electron chi connectivity index (χ2n) is 5.40. The van der Waals surface area contributed by atoms with Gasteiger partial charge < -0.3 is 19.6 Å². The summed E-state index contributed by atoms with van der Waals surface area (Å²) in [5, 5.41) is 12.6. The Hall–Kier alpha value is -3.12. The summed E-state index contributed by atoms with van der Waals surface area (Å²) in [4.78, 5) is 16.3. The van der Waals surface area contributed by atoms with Gasteiger partial charge in [-0.25, -0.2) is 4.98 Å². The lowest BCUT2D eigenvalue weighted by Crippen LogP contribution is -2.28. The third-order valence-corrected chi connectivity index (χ3v) is 3.55. The van der Waals surface area contributed by atoms with Crippen LogP contribution in [0.3, 0.4) is 0 Å². The van der Waals surface area contributed by atoms with Crippen LogP contribution in [0.25, 0.3) is 0 Å². The van der Waals surface area contributed by atoms with Crippen LogP contribution in [-0.4, -0.2) is 22.5 Å². The number of amides is 1. The van der Waals surface area contributed by atoms with Gasteiger partial charge in [0, 0.05) is 17.8 Å². The summed E-state index contributed by atoms with van der Waals surface area (Å²) in [5.41, 5.74) is 1.42. The maximum atomic E-state index is 12.2. The van der Waals surface area contributed by atoms with Gasteiger partial charge in [0.15, 0.2) is 0 Å². The molecule has 0 aliphatic heterocycles. The topological polar surface area (TPSA) is 84.6 Å². The number of aliphatic hydroxyl groups excluding tert-OH is 1.